The Morgan fingerprint density at radius 1 is 1.00 bits per heavy atom. The minimum Gasteiger partial charge on any atom is -0.484 e. The number of halogens is 1. The van der Waals surface area contributed by atoms with Gasteiger partial charge in [0, 0.05) is 15.7 Å². The fourth-order valence-corrected chi connectivity index (χ4v) is 3.11. The molecule has 0 aliphatic carbocycles. The van der Waals surface area contributed by atoms with Crippen LogP contribution < -0.4 is 15.5 Å². The van der Waals surface area contributed by atoms with Crippen molar-refractivity contribution in [3.05, 3.63) is 93.5 Å². The summed E-state index contributed by atoms with van der Waals surface area (Å²) in [6.45, 7) is 3.90. The molecular weight excluding hydrogens is 458 g/mol. The first-order valence-electron chi connectivity index (χ1n) is 9.59. The van der Waals surface area contributed by atoms with Gasteiger partial charge >= 0.3 is 0 Å². The molecule has 0 saturated heterocycles. The van der Waals surface area contributed by atoms with Crippen molar-refractivity contribution < 1.29 is 14.3 Å². The third-order valence-corrected chi connectivity index (χ3v) is 4.98. The molecule has 0 aliphatic rings. The highest BCUT2D eigenvalue weighted by Gasteiger charge is 2.06. The number of hydrazone groups is 1. The molecule has 2 amide bonds. The molecule has 31 heavy (non-hydrogen) atoms. The van der Waals surface area contributed by atoms with E-state index in [0.717, 1.165) is 21.3 Å². The molecule has 158 valence electrons. The van der Waals surface area contributed by atoms with Crippen molar-refractivity contribution in [2.24, 2.45) is 5.10 Å². The molecule has 0 bridgehead atoms. The average molecular weight is 480 g/mol. The number of hydrogen-bond acceptors (Lipinski definition) is 4. The Labute approximate surface area is 189 Å². The third-order valence-electron chi connectivity index (χ3n) is 4.49. The van der Waals surface area contributed by atoms with Gasteiger partial charge in [-0.1, -0.05) is 40.2 Å². The van der Waals surface area contributed by atoms with E-state index in [0.29, 0.717) is 11.3 Å². The summed E-state index contributed by atoms with van der Waals surface area (Å²) in [7, 11) is 0. The lowest BCUT2D eigenvalue weighted by Crippen LogP contribution is -2.20. The fraction of sp³-hybridized carbons (Fsp3) is 0.125. The molecule has 0 radical (unpaired) electrons. The number of benzene rings is 3. The first-order chi connectivity index (χ1) is 14.9. The second-order valence-electron chi connectivity index (χ2n) is 6.92. The van der Waals surface area contributed by atoms with Crippen LogP contribution in [0.4, 0.5) is 5.69 Å². The van der Waals surface area contributed by atoms with E-state index in [1.807, 2.05) is 44.2 Å². The molecule has 0 spiro atoms. The zero-order valence-electron chi connectivity index (χ0n) is 17.2. The van der Waals surface area contributed by atoms with Crippen molar-refractivity contribution in [1.29, 1.82) is 0 Å². The number of carbonyl (C=O) groups excluding carboxylic acids is 2. The van der Waals surface area contributed by atoms with Gasteiger partial charge in [0.25, 0.3) is 11.8 Å². The van der Waals surface area contributed by atoms with E-state index in [1.165, 1.54) is 11.8 Å². The second-order valence-corrected chi connectivity index (χ2v) is 7.83. The number of nitrogens with zero attached hydrogens (tertiary/aromatic N) is 1. The van der Waals surface area contributed by atoms with Crippen LogP contribution in [0.15, 0.2) is 76.3 Å². The van der Waals surface area contributed by atoms with Gasteiger partial charge in [-0.25, -0.2) is 5.43 Å². The molecule has 3 rings (SSSR count). The highest BCUT2D eigenvalue weighted by Crippen LogP contribution is 2.15. The van der Waals surface area contributed by atoms with Crippen molar-refractivity contribution >= 4 is 39.6 Å². The van der Waals surface area contributed by atoms with Gasteiger partial charge in [-0.3, -0.25) is 9.59 Å². The monoisotopic (exact) mass is 479 g/mol. The largest absolute Gasteiger partial charge is 0.484 e. The molecule has 0 aromatic heterocycles. The highest BCUT2D eigenvalue weighted by molar-refractivity contribution is 9.10. The van der Waals surface area contributed by atoms with E-state index >= 15 is 0 Å². The molecule has 0 heterocycles. The van der Waals surface area contributed by atoms with Crippen LogP contribution >= 0.6 is 15.9 Å². The van der Waals surface area contributed by atoms with E-state index < -0.39 is 0 Å². The maximum Gasteiger partial charge on any atom is 0.271 e. The Morgan fingerprint density at radius 3 is 2.58 bits per heavy atom. The number of amides is 2. The highest BCUT2D eigenvalue weighted by atomic mass is 79.9. The van der Waals surface area contributed by atoms with Crippen molar-refractivity contribution in [1.82, 2.24) is 5.43 Å². The molecule has 0 atom stereocenters. The lowest BCUT2D eigenvalue weighted by Gasteiger charge is -2.09. The van der Waals surface area contributed by atoms with E-state index in [9.17, 15) is 9.59 Å². The summed E-state index contributed by atoms with van der Waals surface area (Å²) in [5.74, 6) is -0.0333. The average Bonchev–Trinajstić information content (AvgIpc) is 2.75. The first-order valence-corrected chi connectivity index (χ1v) is 10.4. The van der Waals surface area contributed by atoms with Crippen molar-refractivity contribution in [3.8, 4) is 5.75 Å². The Hall–Kier alpha value is -3.45. The minimum absolute atomic E-state index is 0.118. The van der Waals surface area contributed by atoms with Gasteiger partial charge in [0.15, 0.2) is 6.61 Å². The van der Waals surface area contributed by atoms with Crippen LogP contribution in [0, 0.1) is 13.8 Å². The standard InChI is InChI=1S/C24H22BrN3O3/c1-16-9-10-21(11-17(16)2)27-23(29)15-31-22-8-3-5-18(12-22)14-26-28-24(30)19-6-4-7-20(25)13-19/h3-14H,15H2,1-2H3,(H,27,29)(H,28,30)/b26-14+. The summed E-state index contributed by atoms with van der Waals surface area (Å²) in [6.07, 6.45) is 1.51. The van der Waals surface area contributed by atoms with Gasteiger partial charge < -0.3 is 10.1 Å². The first kappa shape index (κ1) is 22.2. The SMILES string of the molecule is Cc1ccc(NC(=O)COc2cccc(/C=N/NC(=O)c3cccc(Br)c3)c2)cc1C. The third kappa shape index (κ3) is 6.79. The summed E-state index contributed by atoms with van der Waals surface area (Å²) in [6, 6.07) is 19.9. The zero-order chi connectivity index (χ0) is 22.2. The van der Waals surface area contributed by atoms with Crippen molar-refractivity contribution in [2.45, 2.75) is 13.8 Å². The lowest BCUT2D eigenvalue weighted by molar-refractivity contribution is -0.118. The molecule has 2 N–H and O–H groups in total. The molecule has 0 fully saturated rings. The molecular formula is C24H22BrN3O3. The lowest BCUT2D eigenvalue weighted by atomic mass is 10.1. The van der Waals surface area contributed by atoms with Crippen LogP contribution in [-0.4, -0.2) is 24.6 Å². The van der Waals surface area contributed by atoms with Crippen LogP contribution in [0.3, 0.4) is 0 Å². The smallest absolute Gasteiger partial charge is 0.271 e. The number of hydrogen-bond donors (Lipinski definition) is 2. The quantitative estimate of drug-likeness (QED) is 0.375. The topological polar surface area (TPSA) is 79.8 Å². The van der Waals surface area contributed by atoms with E-state index in [-0.39, 0.29) is 18.4 Å². The summed E-state index contributed by atoms with van der Waals surface area (Å²) in [5.41, 5.74) is 6.72. The van der Waals surface area contributed by atoms with Gasteiger partial charge in [0.2, 0.25) is 0 Å². The Kier molecular flexibility index (Phi) is 7.56. The van der Waals surface area contributed by atoms with Gasteiger partial charge in [0.05, 0.1) is 6.21 Å². The van der Waals surface area contributed by atoms with Crippen LogP contribution in [0.5, 0.6) is 5.75 Å². The van der Waals surface area contributed by atoms with Crippen LogP contribution in [0.2, 0.25) is 0 Å². The number of aryl methyl sites for hydroxylation is 2. The normalized spacial score (nSPS) is 10.7. The predicted octanol–water partition coefficient (Wildman–Crippen LogP) is 4.85. The summed E-state index contributed by atoms with van der Waals surface area (Å²) in [5, 5.41) is 6.80. The van der Waals surface area contributed by atoms with Gasteiger partial charge in [0.1, 0.15) is 5.75 Å². The number of rotatable bonds is 7. The maximum atomic E-state index is 12.2. The van der Waals surface area contributed by atoms with Gasteiger partial charge in [-0.2, -0.15) is 5.10 Å². The number of nitrogens with one attached hydrogen (secondary N) is 2. The van der Waals surface area contributed by atoms with Crippen molar-refractivity contribution in [3.63, 3.8) is 0 Å². The summed E-state index contributed by atoms with van der Waals surface area (Å²) < 4.78 is 6.39. The fourth-order valence-electron chi connectivity index (χ4n) is 2.71. The van der Waals surface area contributed by atoms with Crippen LogP contribution in [0.1, 0.15) is 27.0 Å². The Balaban J connectivity index is 1.52. The molecule has 7 heteroatoms. The van der Waals surface area contributed by atoms with Crippen LogP contribution in [-0.2, 0) is 4.79 Å². The summed E-state index contributed by atoms with van der Waals surface area (Å²) >= 11 is 3.33. The number of anilines is 1. The maximum absolute atomic E-state index is 12.2. The number of ether oxygens (including phenoxy) is 1. The molecule has 0 saturated carbocycles. The van der Waals surface area contributed by atoms with Gasteiger partial charge in [-0.15, -0.1) is 0 Å². The van der Waals surface area contributed by atoms with E-state index in [4.69, 9.17) is 4.74 Å². The minimum atomic E-state index is -0.312. The Bertz CT molecular complexity index is 1130. The predicted molar refractivity (Wildman–Crippen MR) is 126 cm³/mol. The second kappa shape index (κ2) is 10.5. The van der Waals surface area contributed by atoms with E-state index in [2.05, 4.69) is 31.8 Å². The Morgan fingerprint density at radius 2 is 1.81 bits per heavy atom. The molecule has 3 aromatic rings. The molecule has 6 nitrogen and oxygen atoms in total. The number of carbonyl (C=O) groups is 2. The van der Waals surface area contributed by atoms with E-state index in [1.54, 1.807) is 36.4 Å². The van der Waals surface area contributed by atoms with Gasteiger partial charge in [-0.05, 0) is 73.0 Å². The summed E-state index contributed by atoms with van der Waals surface area (Å²) in [4.78, 5) is 24.3. The molecule has 3 aromatic carbocycles. The zero-order valence-corrected chi connectivity index (χ0v) is 18.8. The van der Waals surface area contributed by atoms with Crippen molar-refractivity contribution in [2.75, 3.05) is 11.9 Å². The van der Waals surface area contributed by atoms with Crippen LogP contribution in [0.25, 0.3) is 0 Å². The molecule has 0 aliphatic heterocycles. The molecule has 0 unspecified atom stereocenters.